The van der Waals surface area contributed by atoms with Crippen molar-refractivity contribution in [3.8, 4) is 0 Å². The Morgan fingerprint density at radius 1 is 1.23 bits per heavy atom. The van der Waals surface area contributed by atoms with Crippen LogP contribution in [0.1, 0.15) is 5.56 Å². The minimum atomic E-state index is -2.96. The van der Waals surface area contributed by atoms with Gasteiger partial charge in [-0.2, -0.15) is 0 Å². The van der Waals surface area contributed by atoms with Crippen LogP contribution >= 0.6 is 0 Å². The molecule has 0 unspecified atom stereocenters. The van der Waals surface area contributed by atoms with Crippen molar-refractivity contribution in [3.63, 3.8) is 0 Å². The highest BCUT2D eigenvalue weighted by Crippen LogP contribution is 2.17. The van der Waals surface area contributed by atoms with Gasteiger partial charge in [0.25, 0.3) is 0 Å². The Balaban J connectivity index is 1.82. The molecular formula is C15H22N4O2S. The van der Waals surface area contributed by atoms with Crippen molar-refractivity contribution in [1.29, 1.82) is 0 Å². The van der Waals surface area contributed by atoms with Gasteiger partial charge in [0.2, 0.25) is 0 Å². The number of hydrogen-bond donors (Lipinski definition) is 3. The highest BCUT2D eigenvalue weighted by Gasteiger charge is 2.05. The van der Waals surface area contributed by atoms with Gasteiger partial charge in [0, 0.05) is 43.5 Å². The van der Waals surface area contributed by atoms with E-state index in [4.69, 9.17) is 0 Å². The fraction of sp³-hybridized carbons (Fsp3) is 0.400. The molecule has 1 aromatic heterocycles. The third-order valence-electron chi connectivity index (χ3n) is 3.35. The first-order valence-electron chi connectivity index (χ1n) is 7.17. The predicted octanol–water partition coefficient (Wildman–Crippen LogP) is 0.920. The molecule has 0 amide bonds. The standard InChI is InChI=1S/C15H22N4O2S/c1-16-15(18-9-10-22(2,20)21)17-8-7-12-11-19-14-6-4-3-5-13(12)14/h3-6,11,19H,7-10H2,1-2H3,(H2,16,17,18). The number of aromatic amines is 1. The number of H-pyrrole nitrogens is 1. The maximum atomic E-state index is 11.1. The van der Waals surface area contributed by atoms with Gasteiger partial charge >= 0.3 is 0 Å². The topological polar surface area (TPSA) is 86.3 Å². The molecule has 0 fully saturated rings. The number of sulfone groups is 1. The molecule has 2 rings (SSSR count). The molecule has 7 heteroatoms. The Bertz CT molecular complexity index is 750. The first kappa shape index (κ1) is 16.4. The lowest BCUT2D eigenvalue weighted by Gasteiger charge is -2.11. The molecule has 2 aromatic rings. The fourth-order valence-corrected chi connectivity index (χ4v) is 2.70. The Kier molecular flexibility index (Phi) is 5.43. The van der Waals surface area contributed by atoms with Gasteiger partial charge in [-0.1, -0.05) is 18.2 Å². The molecular weight excluding hydrogens is 300 g/mol. The number of aromatic nitrogens is 1. The molecule has 0 bridgehead atoms. The second kappa shape index (κ2) is 7.31. The lowest BCUT2D eigenvalue weighted by atomic mass is 10.1. The number of aliphatic imine (C=N–C) groups is 1. The number of hydrogen-bond acceptors (Lipinski definition) is 3. The van der Waals surface area contributed by atoms with Crippen molar-refractivity contribution in [2.75, 3.05) is 32.1 Å². The lowest BCUT2D eigenvalue weighted by molar-refractivity contribution is 0.600. The van der Waals surface area contributed by atoms with E-state index in [-0.39, 0.29) is 5.75 Å². The van der Waals surface area contributed by atoms with Gasteiger partial charge in [-0.25, -0.2) is 8.42 Å². The summed E-state index contributed by atoms with van der Waals surface area (Å²) < 4.78 is 22.2. The third-order valence-corrected chi connectivity index (χ3v) is 4.30. The van der Waals surface area contributed by atoms with E-state index in [9.17, 15) is 8.42 Å². The van der Waals surface area contributed by atoms with Crippen LogP contribution in [-0.2, 0) is 16.3 Å². The largest absolute Gasteiger partial charge is 0.361 e. The van der Waals surface area contributed by atoms with Gasteiger partial charge in [-0.05, 0) is 18.1 Å². The van der Waals surface area contributed by atoms with Crippen molar-refractivity contribution in [2.24, 2.45) is 4.99 Å². The summed E-state index contributed by atoms with van der Waals surface area (Å²) in [5.41, 5.74) is 2.38. The number of fused-ring (bicyclic) bond motifs is 1. The van der Waals surface area contributed by atoms with Crippen LogP contribution in [0.3, 0.4) is 0 Å². The smallest absolute Gasteiger partial charge is 0.191 e. The van der Waals surface area contributed by atoms with Gasteiger partial charge in [0.1, 0.15) is 9.84 Å². The van der Waals surface area contributed by atoms with E-state index < -0.39 is 9.84 Å². The van der Waals surface area contributed by atoms with Crippen LogP contribution in [0.2, 0.25) is 0 Å². The molecule has 22 heavy (non-hydrogen) atoms. The molecule has 0 spiro atoms. The molecule has 1 aromatic carbocycles. The zero-order valence-electron chi connectivity index (χ0n) is 12.9. The van der Waals surface area contributed by atoms with Gasteiger partial charge in [-0.3, -0.25) is 4.99 Å². The quantitative estimate of drug-likeness (QED) is 0.545. The number of benzene rings is 1. The summed E-state index contributed by atoms with van der Waals surface area (Å²) in [6.07, 6.45) is 4.10. The molecule has 0 saturated carbocycles. The van der Waals surface area contributed by atoms with E-state index in [2.05, 4.69) is 32.7 Å². The summed E-state index contributed by atoms with van der Waals surface area (Å²) >= 11 is 0. The second-order valence-electron chi connectivity index (χ2n) is 5.17. The first-order valence-corrected chi connectivity index (χ1v) is 9.23. The van der Waals surface area contributed by atoms with E-state index in [0.29, 0.717) is 12.5 Å². The average molecular weight is 322 g/mol. The highest BCUT2D eigenvalue weighted by molar-refractivity contribution is 7.90. The van der Waals surface area contributed by atoms with Gasteiger partial charge in [0.15, 0.2) is 5.96 Å². The van der Waals surface area contributed by atoms with E-state index in [1.807, 2.05) is 18.3 Å². The summed E-state index contributed by atoms with van der Waals surface area (Å²) in [5, 5.41) is 7.41. The van der Waals surface area contributed by atoms with Gasteiger partial charge in [-0.15, -0.1) is 0 Å². The highest BCUT2D eigenvalue weighted by atomic mass is 32.2. The predicted molar refractivity (Wildman–Crippen MR) is 91.1 cm³/mol. The summed E-state index contributed by atoms with van der Waals surface area (Å²) in [7, 11) is -1.29. The molecule has 120 valence electrons. The van der Waals surface area contributed by atoms with Crippen molar-refractivity contribution in [2.45, 2.75) is 6.42 Å². The number of para-hydroxylation sites is 1. The minimum absolute atomic E-state index is 0.0934. The number of nitrogens with zero attached hydrogens (tertiary/aromatic N) is 1. The Morgan fingerprint density at radius 3 is 2.68 bits per heavy atom. The molecule has 0 aliphatic carbocycles. The third kappa shape index (κ3) is 4.77. The van der Waals surface area contributed by atoms with Crippen molar-refractivity contribution < 1.29 is 8.42 Å². The van der Waals surface area contributed by atoms with E-state index in [0.717, 1.165) is 18.5 Å². The molecule has 0 saturated heterocycles. The van der Waals surface area contributed by atoms with Crippen LogP contribution in [0.5, 0.6) is 0 Å². The maximum absolute atomic E-state index is 11.1. The molecule has 0 aliphatic heterocycles. The summed E-state index contributed by atoms with van der Waals surface area (Å²) in [6.45, 7) is 1.08. The molecule has 1 heterocycles. The van der Waals surface area contributed by atoms with Gasteiger partial charge < -0.3 is 15.6 Å². The Morgan fingerprint density at radius 2 is 1.95 bits per heavy atom. The van der Waals surface area contributed by atoms with Crippen molar-refractivity contribution in [3.05, 3.63) is 36.0 Å². The van der Waals surface area contributed by atoms with E-state index >= 15 is 0 Å². The minimum Gasteiger partial charge on any atom is -0.361 e. The van der Waals surface area contributed by atoms with Crippen LogP contribution in [0.15, 0.2) is 35.5 Å². The van der Waals surface area contributed by atoms with Crippen LogP contribution in [0, 0.1) is 0 Å². The lowest BCUT2D eigenvalue weighted by Crippen LogP contribution is -2.40. The first-order chi connectivity index (χ1) is 10.5. The summed E-state index contributed by atoms with van der Waals surface area (Å²) in [5.74, 6) is 0.708. The van der Waals surface area contributed by atoms with Crippen LogP contribution in [0.4, 0.5) is 0 Å². The second-order valence-corrected chi connectivity index (χ2v) is 7.42. The zero-order valence-corrected chi connectivity index (χ0v) is 13.7. The number of rotatable bonds is 6. The fourth-order valence-electron chi connectivity index (χ4n) is 2.23. The average Bonchev–Trinajstić information content (AvgIpc) is 2.88. The Labute approximate surface area is 130 Å². The maximum Gasteiger partial charge on any atom is 0.191 e. The molecule has 0 atom stereocenters. The zero-order chi connectivity index (χ0) is 16.0. The normalized spacial score (nSPS) is 12.5. The molecule has 6 nitrogen and oxygen atoms in total. The van der Waals surface area contributed by atoms with Crippen molar-refractivity contribution >= 4 is 26.7 Å². The summed E-state index contributed by atoms with van der Waals surface area (Å²) in [6, 6.07) is 8.19. The molecule has 3 N–H and O–H groups in total. The van der Waals surface area contributed by atoms with Crippen molar-refractivity contribution in [1.82, 2.24) is 15.6 Å². The molecule has 0 aliphatic rings. The van der Waals surface area contributed by atoms with Crippen LogP contribution in [-0.4, -0.2) is 51.5 Å². The van der Waals surface area contributed by atoms with E-state index in [1.54, 1.807) is 7.05 Å². The molecule has 0 radical (unpaired) electrons. The van der Waals surface area contributed by atoms with E-state index in [1.165, 1.54) is 17.2 Å². The summed E-state index contributed by atoms with van der Waals surface area (Å²) in [4.78, 5) is 7.33. The Hall–Kier alpha value is -2.02. The monoisotopic (exact) mass is 322 g/mol. The number of nitrogens with one attached hydrogen (secondary N) is 3. The SMILES string of the molecule is CN=C(NCCc1c[nH]c2ccccc12)NCCS(C)(=O)=O. The van der Waals surface area contributed by atoms with Crippen LogP contribution < -0.4 is 10.6 Å². The number of guanidine groups is 1. The van der Waals surface area contributed by atoms with Crippen LogP contribution in [0.25, 0.3) is 10.9 Å². The van der Waals surface area contributed by atoms with Gasteiger partial charge in [0.05, 0.1) is 5.75 Å².